The largest absolute Gasteiger partial charge is 0.487 e. The van der Waals surface area contributed by atoms with E-state index in [1.807, 2.05) is 6.07 Å². The van der Waals surface area contributed by atoms with Gasteiger partial charge in [-0.2, -0.15) is 14.0 Å². The summed E-state index contributed by atoms with van der Waals surface area (Å²) in [5.74, 6) is -0.194. The molecule has 0 fully saturated rings. The van der Waals surface area contributed by atoms with Crippen molar-refractivity contribution in [3.8, 4) is 23.3 Å². The van der Waals surface area contributed by atoms with Gasteiger partial charge in [0.05, 0.1) is 22.9 Å². The molecule has 0 saturated carbocycles. The summed E-state index contributed by atoms with van der Waals surface area (Å²) in [6.45, 7) is 0.196. The molecule has 0 aliphatic heterocycles. The van der Waals surface area contributed by atoms with Crippen LogP contribution >= 0.6 is 0 Å². The average molecular weight is 328 g/mol. The van der Waals surface area contributed by atoms with Crippen molar-refractivity contribution in [2.45, 2.75) is 13.0 Å². The first kappa shape index (κ1) is 15.6. The molecule has 0 saturated heterocycles. The monoisotopic (exact) mass is 328 g/mol. The van der Waals surface area contributed by atoms with E-state index >= 15 is 0 Å². The molecule has 2 heterocycles. The maximum absolute atomic E-state index is 12.4. The fraction of sp³-hybridized carbons (Fsp3) is 0.125. The molecular formula is C16H10F2N4O2. The smallest absolute Gasteiger partial charge is 0.314 e. The van der Waals surface area contributed by atoms with Crippen LogP contribution < -0.4 is 4.74 Å². The second-order valence-electron chi connectivity index (χ2n) is 4.71. The van der Waals surface area contributed by atoms with Crippen molar-refractivity contribution in [1.82, 2.24) is 15.2 Å². The van der Waals surface area contributed by atoms with Crippen LogP contribution in [0.15, 0.2) is 47.0 Å². The molecule has 0 aliphatic rings. The van der Waals surface area contributed by atoms with Gasteiger partial charge < -0.3 is 9.15 Å². The molecule has 0 bridgehead atoms. The van der Waals surface area contributed by atoms with E-state index in [2.05, 4.69) is 15.2 Å². The summed E-state index contributed by atoms with van der Waals surface area (Å²) >= 11 is 0. The molecule has 6 nitrogen and oxygen atoms in total. The van der Waals surface area contributed by atoms with E-state index in [-0.39, 0.29) is 12.5 Å². The van der Waals surface area contributed by atoms with Crippen LogP contribution in [-0.4, -0.2) is 15.2 Å². The maximum Gasteiger partial charge on any atom is 0.314 e. The van der Waals surface area contributed by atoms with Crippen LogP contribution in [-0.2, 0) is 6.61 Å². The molecule has 1 aromatic carbocycles. The minimum absolute atomic E-state index is 0.0213. The number of aromatic nitrogens is 3. The lowest BCUT2D eigenvalue weighted by Gasteiger charge is -2.06. The SMILES string of the molecule is N#Cc1cccc(OCc2ccc(-c3nnc(C(F)F)o3)cn2)c1. The Morgan fingerprint density at radius 2 is 2.08 bits per heavy atom. The highest BCUT2D eigenvalue weighted by atomic mass is 19.3. The molecule has 0 radical (unpaired) electrons. The topological polar surface area (TPSA) is 84.8 Å². The Labute approximate surface area is 135 Å². The van der Waals surface area contributed by atoms with Crippen LogP contribution in [0.3, 0.4) is 0 Å². The van der Waals surface area contributed by atoms with E-state index in [1.54, 1.807) is 36.4 Å². The van der Waals surface area contributed by atoms with Gasteiger partial charge in [0, 0.05) is 6.20 Å². The third-order valence-corrected chi connectivity index (χ3v) is 3.05. The fourth-order valence-corrected chi connectivity index (χ4v) is 1.89. The van der Waals surface area contributed by atoms with E-state index in [4.69, 9.17) is 14.4 Å². The Morgan fingerprint density at radius 3 is 2.75 bits per heavy atom. The van der Waals surface area contributed by atoms with Crippen LogP contribution in [0, 0.1) is 11.3 Å². The lowest BCUT2D eigenvalue weighted by molar-refractivity contribution is 0.116. The highest BCUT2D eigenvalue weighted by Gasteiger charge is 2.17. The van der Waals surface area contributed by atoms with Crippen molar-refractivity contribution >= 4 is 0 Å². The van der Waals surface area contributed by atoms with Crippen molar-refractivity contribution in [1.29, 1.82) is 5.26 Å². The molecule has 0 aliphatic carbocycles. The van der Waals surface area contributed by atoms with E-state index in [1.165, 1.54) is 6.20 Å². The first-order valence-electron chi connectivity index (χ1n) is 6.85. The fourth-order valence-electron chi connectivity index (χ4n) is 1.89. The Hall–Kier alpha value is -3.34. The summed E-state index contributed by atoms with van der Waals surface area (Å²) in [4.78, 5) is 4.16. The molecule has 0 N–H and O–H groups in total. The van der Waals surface area contributed by atoms with Crippen LogP contribution in [0.2, 0.25) is 0 Å². The molecule has 0 atom stereocenters. The van der Waals surface area contributed by atoms with Crippen LogP contribution in [0.1, 0.15) is 23.6 Å². The van der Waals surface area contributed by atoms with Gasteiger partial charge in [0.25, 0.3) is 5.89 Å². The van der Waals surface area contributed by atoms with E-state index in [9.17, 15) is 8.78 Å². The van der Waals surface area contributed by atoms with Crippen molar-refractivity contribution in [2.24, 2.45) is 0 Å². The van der Waals surface area contributed by atoms with Crippen LogP contribution in [0.4, 0.5) is 8.78 Å². The molecule has 8 heteroatoms. The van der Waals surface area contributed by atoms with Crippen molar-refractivity contribution in [3.63, 3.8) is 0 Å². The van der Waals surface area contributed by atoms with Crippen LogP contribution in [0.5, 0.6) is 5.75 Å². The molecule has 0 amide bonds. The molecule has 120 valence electrons. The molecule has 24 heavy (non-hydrogen) atoms. The number of halogens is 2. The van der Waals surface area contributed by atoms with E-state index < -0.39 is 12.3 Å². The zero-order valence-electron chi connectivity index (χ0n) is 12.2. The number of rotatable bonds is 5. The molecule has 3 rings (SSSR count). The van der Waals surface area contributed by atoms with Gasteiger partial charge in [0.1, 0.15) is 12.4 Å². The van der Waals surface area contributed by atoms with Crippen LogP contribution in [0.25, 0.3) is 11.5 Å². The maximum atomic E-state index is 12.4. The van der Waals surface area contributed by atoms with Crippen molar-refractivity contribution in [2.75, 3.05) is 0 Å². The molecular weight excluding hydrogens is 318 g/mol. The first-order valence-corrected chi connectivity index (χ1v) is 6.85. The number of alkyl halides is 2. The number of ether oxygens (including phenoxy) is 1. The van der Waals surface area contributed by atoms with Gasteiger partial charge in [0.2, 0.25) is 5.89 Å². The van der Waals surface area contributed by atoms with Crippen molar-refractivity contribution in [3.05, 3.63) is 59.7 Å². The second-order valence-corrected chi connectivity index (χ2v) is 4.71. The Morgan fingerprint density at radius 1 is 1.21 bits per heavy atom. The standard InChI is InChI=1S/C16H10F2N4O2/c17-14(18)16-22-21-15(24-16)11-4-5-12(20-8-11)9-23-13-3-1-2-10(6-13)7-19/h1-6,8,14H,9H2. The third kappa shape index (κ3) is 3.52. The minimum Gasteiger partial charge on any atom is -0.487 e. The normalized spacial score (nSPS) is 10.6. The second kappa shape index (κ2) is 6.83. The summed E-state index contributed by atoms with van der Waals surface area (Å²) in [6.07, 6.45) is -1.37. The Bertz CT molecular complexity index is 872. The number of hydrogen-bond donors (Lipinski definition) is 0. The predicted octanol–water partition coefficient (Wildman–Crippen LogP) is 3.52. The van der Waals surface area contributed by atoms with Gasteiger partial charge in [0.15, 0.2) is 0 Å². The summed E-state index contributed by atoms with van der Waals surface area (Å²) < 4.78 is 35.3. The minimum atomic E-state index is -2.81. The van der Waals surface area contributed by atoms with E-state index in [0.29, 0.717) is 22.6 Å². The number of nitriles is 1. The zero-order valence-corrected chi connectivity index (χ0v) is 12.2. The summed E-state index contributed by atoms with van der Waals surface area (Å²) in [6, 6.07) is 12.1. The lowest BCUT2D eigenvalue weighted by Crippen LogP contribution is -1.98. The highest BCUT2D eigenvalue weighted by Crippen LogP contribution is 2.23. The number of benzene rings is 1. The quantitative estimate of drug-likeness (QED) is 0.712. The van der Waals surface area contributed by atoms with E-state index in [0.717, 1.165) is 0 Å². The van der Waals surface area contributed by atoms with Gasteiger partial charge in [-0.25, -0.2) is 0 Å². The lowest BCUT2D eigenvalue weighted by atomic mass is 10.2. The number of hydrogen-bond acceptors (Lipinski definition) is 6. The molecule has 0 spiro atoms. The third-order valence-electron chi connectivity index (χ3n) is 3.05. The summed E-state index contributed by atoms with van der Waals surface area (Å²) in [5.41, 5.74) is 1.56. The Balaban J connectivity index is 1.67. The summed E-state index contributed by atoms with van der Waals surface area (Å²) in [5, 5.41) is 15.7. The molecule has 0 unspecified atom stereocenters. The van der Waals surface area contributed by atoms with Crippen molar-refractivity contribution < 1.29 is 17.9 Å². The molecule has 2 aromatic heterocycles. The molecule has 3 aromatic rings. The average Bonchev–Trinajstić information content (AvgIpc) is 3.11. The highest BCUT2D eigenvalue weighted by molar-refractivity contribution is 5.50. The first-order chi connectivity index (χ1) is 11.7. The number of nitrogens with zero attached hydrogens (tertiary/aromatic N) is 4. The zero-order chi connectivity index (χ0) is 16.9. The van der Waals surface area contributed by atoms with Gasteiger partial charge >= 0.3 is 6.43 Å². The Kier molecular flexibility index (Phi) is 4.43. The van der Waals surface area contributed by atoms with Gasteiger partial charge in [-0.1, -0.05) is 6.07 Å². The predicted molar refractivity (Wildman–Crippen MR) is 78.0 cm³/mol. The van der Waals surface area contributed by atoms with Gasteiger partial charge in [-0.15, -0.1) is 10.2 Å². The number of pyridine rings is 1. The van der Waals surface area contributed by atoms with Gasteiger partial charge in [-0.3, -0.25) is 4.98 Å². The summed E-state index contributed by atoms with van der Waals surface area (Å²) in [7, 11) is 0. The van der Waals surface area contributed by atoms with Gasteiger partial charge in [-0.05, 0) is 30.3 Å².